The van der Waals surface area contributed by atoms with Crippen LogP contribution in [0.1, 0.15) is 52.4 Å². The summed E-state index contributed by atoms with van der Waals surface area (Å²) >= 11 is 0. The average Bonchev–Trinajstić information content (AvgIpc) is 3.44. The number of carbonyl (C=O) groups excluding carboxylic acids is 3. The Labute approximate surface area is 161 Å². The fourth-order valence-corrected chi connectivity index (χ4v) is 5.00. The second-order valence-corrected chi connectivity index (χ2v) is 8.79. The van der Waals surface area contributed by atoms with E-state index in [1.165, 1.54) is 0 Å². The summed E-state index contributed by atoms with van der Waals surface area (Å²) in [5.74, 6) is 0.725. The molecule has 3 atom stereocenters. The Balaban J connectivity index is 1.51. The van der Waals surface area contributed by atoms with Crippen LogP contribution in [0.15, 0.2) is 0 Å². The van der Waals surface area contributed by atoms with Crippen molar-refractivity contribution in [2.75, 3.05) is 32.8 Å². The third kappa shape index (κ3) is 3.46. The highest BCUT2D eigenvalue weighted by Gasteiger charge is 2.56. The molecule has 27 heavy (non-hydrogen) atoms. The van der Waals surface area contributed by atoms with Crippen LogP contribution in [0.5, 0.6) is 0 Å². The Morgan fingerprint density at radius 3 is 2.22 bits per heavy atom. The first-order chi connectivity index (χ1) is 12.9. The Morgan fingerprint density at radius 1 is 0.963 bits per heavy atom. The van der Waals surface area contributed by atoms with E-state index in [-0.39, 0.29) is 23.6 Å². The largest absolute Gasteiger partial charge is 0.353 e. The molecule has 0 aromatic heterocycles. The molecule has 2 aliphatic heterocycles. The van der Waals surface area contributed by atoms with Gasteiger partial charge in [-0.3, -0.25) is 19.3 Å². The number of rotatable bonds is 2. The molecule has 2 saturated carbocycles. The van der Waals surface area contributed by atoms with Gasteiger partial charge in [-0.15, -0.1) is 0 Å². The molecule has 7 nitrogen and oxygen atoms in total. The molecule has 0 bridgehead atoms. The monoisotopic (exact) mass is 377 g/mol. The summed E-state index contributed by atoms with van der Waals surface area (Å²) < 4.78 is 6.24. The van der Waals surface area contributed by atoms with Crippen LogP contribution in [-0.2, 0) is 19.1 Å². The van der Waals surface area contributed by atoms with Crippen LogP contribution in [0.25, 0.3) is 0 Å². The Morgan fingerprint density at radius 2 is 1.63 bits per heavy atom. The quantitative estimate of drug-likeness (QED) is 0.726. The lowest BCUT2D eigenvalue weighted by atomic mass is 9.83. The van der Waals surface area contributed by atoms with E-state index in [9.17, 15) is 14.4 Å². The van der Waals surface area contributed by atoms with Crippen molar-refractivity contribution < 1.29 is 19.1 Å². The van der Waals surface area contributed by atoms with E-state index in [0.29, 0.717) is 38.7 Å². The second kappa shape index (κ2) is 7.08. The maximum absolute atomic E-state index is 13.3. The van der Waals surface area contributed by atoms with Crippen LogP contribution in [-0.4, -0.2) is 77.0 Å². The molecule has 4 rings (SSSR count). The van der Waals surface area contributed by atoms with Crippen molar-refractivity contribution in [3.8, 4) is 0 Å². The third-order valence-corrected chi connectivity index (χ3v) is 6.68. The first kappa shape index (κ1) is 18.7. The van der Waals surface area contributed by atoms with Gasteiger partial charge >= 0.3 is 0 Å². The number of ether oxygens (including phenoxy) is 1. The topological polar surface area (TPSA) is 70.2 Å². The predicted molar refractivity (Wildman–Crippen MR) is 98.5 cm³/mol. The maximum Gasteiger partial charge on any atom is 0.248 e. The highest BCUT2D eigenvalue weighted by molar-refractivity contribution is 5.90. The molecule has 4 fully saturated rings. The molecule has 4 aliphatic rings. The number of amides is 3. The number of piperazine rings is 1. The van der Waals surface area contributed by atoms with Gasteiger partial charge in [0, 0.05) is 39.0 Å². The summed E-state index contributed by atoms with van der Waals surface area (Å²) in [6, 6.07) is -0.507. The zero-order valence-electron chi connectivity index (χ0n) is 16.5. The lowest BCUT2D eigenvalue weighted by Gasteiger charge is -2.44. The lowest BCUT2D eigenvalue weighted by Crippen LogP contribution is -2.60. The Kier molecular flexibility index (Phi) is 4.91. The van der Waals surface area contributed by atoms with Crippen LogP contribution >= 0.6 is 0 Å². The van der Waals surface area contributed by atoms with Crippen LogP contribution in [0.2, 0.25) is 0 Å². The van der Waals surface area contributed by atoms with Crippen LogP contribution in [0.4, 0.5) is 0 Å². The molecule has 2 heterocycles. The molecular formula is C20H31N3O4. The van der Waals surface area contributed by atoms with Gasteiger partial charge in [0.05, 0.1) is 6.61 Å². The van der Waals surface area contributed by atoms with Crippen molar-refractivity contribution >= 4 is 17.7 Å². The minimum atomic E-state index is -0.584. The Bertz CT molecular complexity index is 627. The maximum atomic E-state index is 13.3. The number of carbonyl (C=O) groups is 3. The predicted octanol–water partition coefficient (Wildman–Crippen LogP) is 1.22. The minimum Gasteiger partial charge on any atom is -0.353 e. The zero-order valence-corrected chi connectivity index (χ0v) is 16.5. The van der Waals surface area contributed by atoms with E-state index in [1.54, 1.807) is 11.8 Å². The molecule has 3 unspecified atom stereocenters. The third-order valence-electron chi connectivity index (χ3n) is 6.68. The second-order valence-electron chi connectivity index (χ2n) is 8.79. The standard InChI is InChI=1S/C20H31N3O4/c1-14-4-3-7-20(12-14)23(18(25)16-5-6-16)17(13-27-20)19(26)22-10-8-21(9-11-22)15(2)24/h14,16-17H,3-13H2,1-2H3. The first-order valence-corrected chi connectivity index (χ1v) is 10.4. The molecule has 0 aromatic rings. The SMILES string of the molecule is CC(=O)N1CCN(C(=O)C2COC3(CCCC(C)C3)N2C(=O)C2CC2)CC1. The fraction of sp³-hybridized carbons (Fsp3) is 0.850. The molecular weight excluding hydrogens is 346 g/mol. The highest BCUT2D eigenvalue weighted by Crippen LogP contribution is 2.45. The molecule has 7 heteroatoms. The molecule has 2 aliphatic carbocycles. The van der Waals surface area contributed by atoms with Crippen molar-refractivity contribution in [3.63, 3.8) is 0 Å². The van der Waals surface area contributed by atoms with E-state index < -0.39 is 11.8 Å². The van der Waals surface area contributed by atoms with Crippen LogP contribution in [0, 0.1) is 11.8 Å². The number of hydrogen-bond acceptors (Lipinski definition) is 4. The van der Waals surface area contributed by atoms with E-state index >= 15 is 0 Å². The van der Waals surface area contributed by atoms with Crippen molar-refractivity contribution in [1.82, 2.24) is 14.7 Å². The summed E-state index contributed by atoms with van der Waals surface area (Å²) in [5, 5.41) is 0. The first-order valence-electron chi connectivity index (χ1n) is 10.4. The van der Waals surface area contributed by atoms with Gasteiger partial charge in [0.15, 0.2) is 0 Å². The van der Waals surface area contributed by atoms with Gasteiger partial charge in [-0.2, -0.15) is 0 Å². The average molecular weight is 377 g/mol. The van der Waals surface area contributed by atoms with Crippen molar-refractivity contribution in [2.45, 2.75) is 64.1 Å². The molecule has 2 saturated heterocycles. The van der Waals surface area contributed by atoms with Gasteiger partial charge in [-0.25, -0.2) is 0 Å². The minimum absolute atomic E-state index is 0.0118. The fourth-order valence-electron chi connectivity index (χ4n) is 5.00. The molecule has 0 aromatic carbocycles. The zero-order chi connectivity index (χ0) is 19.2. The molecule has 0 radical (unpaired) electrons. The van der Waals surface area contributed by atoms with Crippen molar-refractivity contribution in [3.05, 3.63) is 0 Å². The van der Waals surface area contributed by atoms with Crippen LogP contribution in [0.3, 0.4) is 0 Å². The number of nitrogens with zero attached hydrogens (tertiary/aromatic N) is 3. The van der Waals surface area contributed by atoms with E-state index in [2.05, 4.69) is 6.92 Å². The van der Waals surface area contributed by atoms with Crippen LogP contribution < -0.4 is 0 Å². The summed E-state index contributed by atoms with van der Waals surface area (Å²) in [5.41, 5.74) is -0.584. The van der Waals surface area contributed by atoms with E-state index in [1.807, 2.05) is 9.80 Å². The normalized spacial score (nSPS) is 34.2. The highest BCUT2D eigenvalue weighted by atomic mass is 16.5. The van der Waals surface area contributed by atoms with Crippen molar-refractivity contribution in [1.29, 1.82) is 0 Å². The van der Waals surface area contributed by atoms with E-state index in [4.69, 9.17) is 4.74 Å². The van der Waals surface area contributed by atoms with E-state index in [0.717, 1.165) is 38.5 Å². The summed E-state index contributed by atoms with van der Waals surface area (Å²) in [4.78, 5) is 43.4. The smallest absolute Gasteiger partial charge is 0.248 e. The van der Waals surface area contributed by atoms with Gasteiger partial charge in [-0.1, -0.05) is 13.3 Å². The molecule has 1 spiro atoms. The number of hydrogen-bond donors (Lipinski definition) is 0. The summed E-state index contributed by atoms with van der Waals surface area (Å²) in [7, 11) is 0. The van der Waals surface area contributed by atoms with Gasteiger partial charge in [0.25, 0.3) is 0 Å². The van der Waals surface area contributed by atoms with Crippen molar-refractivity contribution in [2.24, 2.45) is 11.8 Å². The molecule has 150 valence electrons. The van der Waals surface area contributed by atoms with Gasteiger partial charge in [0.1, 0.15) is 11.8 Å². The molecule has 0 N–H and O–H groups in total. The van der Waals surface area contributed by atoms with Gasteiger partial charge in [0.2, 0.25) is 17.7 Å². The van der Waals surface area contributed by atoms with Gasteiger partial charge < -0.3 is 14.5 Å². The Hall–Kier alpha value is -1.63. The lowest BCUT2D eigenvalue weighted by molar-refractivity contribution is -0.165. The summed E-state index contributed by atoms with van der Waals surface area (Å²) in [6.07, 6.45) is 5.71. The summed E-state index contributed by atoms with van der Waals surface area (Å²) in [6.45, 7) is 6.26. The van der Waals surface area contributed by atoms with Gasteiger partial charge in [-0.05, 0) is 38.0 Å². The molecule has 3 amide bonds.